The fraction of sp³-hybridized carbons (Fsp3) is 0.333. The van der Waals surface area contributed by atoms with Crippen molar-refractivity contribution in [3.63, 3.8) is 0 Å². The van der Waals surface area contributed by atoms with Gasteiger partial charge < -0.3 is 14.6 Å². The number of pyridine rings is 1. The van der Waals surface area contributed by atoms with Gasteiger partial charge in [-0.15, -0.1) is 10.8 Å². The topological polar surface area (TPSA) is 118 Å². The van der Waals surface area contributed by atoms with Gasteiger partial charge in [-0.3, -0.25) is 9.78 Å². The van der Waals surface area contributed by atoms with E-state index in [4.69, 9.17) is 9.47 Å². The van der Waals surface area contributed by atoms with E-state index >= 15 is 0 Å². The summed E-state index contributed by atoms with van der Waals surface area (Å²) in [6.45, 7) is 4.52. The van der Waals surface area contributed by atoms with Crippen LogP contribution in [0.4, 0.5) is 5.69 Å². The number of methoxy groups -OCH3 is 2. The molecule has 2 N–H and O–H groups in total. The standard InChI is InChI=1S/C21H25N3O6S/c1-6-8-17(25)15(3)31(27,28)23-24(21(26)16-11-14(2)12-22-13-16)20-18(29-4)9-7-10-19(20)30-5/h7,9-13,15,17,23,25H,1-5H3/t15-,17+/m0/s1. The number of aliphatic hydroxyl groups excluding tert-OH is 1. The molecule has 0 bridgehead atoms. The second kappa shape index (κ2) is 10.3. The molecule has 2 atom stereocenters. The molecule has 1 heterocycles. The van der Waals surface area contributed by atoms with Gasteiger partial charge in [0.1, 0.15) is 28.5 Å². The molecule has 1 aromatic carbocycles. The fourth-order valence-corrected chi connectivity index (χ4v) is 3.69. The van der Waals surface area contributed by atoms with E-state index in [1.807, 2.05) is 0 Å². The summed E-state index contributed by atoms with van der Waals surface area (Å²) in [5, 5.41) is 9.55. The van der Waals surface area contributed by atoms with Crippen molar-refractivity contribution in [2.45, 2.75) is 32.1 Å². The van der Waals surface area contributed by atoms with Crippen molar-refractivity contribution in [3.8, 4) is 23.3 Å². The number of hydrogen-bond acceptors (Lipinski definition) is 7. The highest BCUT2D eigenvalue weighted by Gasteiger charge is 2.34. The Labute approximate surface area is 182 Å². The zero-order valence-electron chi connectivity index (χ0n) is 17.9. The molecule has 31 heavy (non-hydrogen) atoms. The number of benzene rings is 1. The van der Waals surface area contributed by atoms with Gasteiger partial charge in [0.05, 0.1) is 19.8 Å². The highest BCUT2D eigenvalue weighted by Crippen LogP contribution is 2.38. The van der Waals surface area contributed by atoms with Crippen LogP contribution in [0.25, 0.3) is 0 Å². The Morgan fingerprint density at radius 3 is 2.35 bits per heavy atom. The van der Waals surface area contributed by atoms with Crippen molar-refractivity contribution >= 4 is 21.6 Å². The number of carbonyl (C=O) groups is 1. The summed E-state index contributed by atoms with van der Waals surface area (Å²) in [6, 6.07) is 6.32. The summed E-state index contributed by atoms with van der Waals surface area (Å²) in [6.07, 6.45) is 1.43. The number of aryl methyl sites for hydroxylation is 1. The Hall–Kier alpha value is -3.13. The number of rotatable bonds is 8. The third kappa shape index (κ3) is 5.52. The number of ether oxygens (including phenoxy) is 2. The minimum Gasteiger partial charge on any atom is -0.494 e. The molecule has 2 aromatic rings. The van der Waals surface area contributed by atoms with E-state index in [0.29, 0.717) is 5.56 Å². The number of nitrogens with one attached hydrogen (secondary N) is 1. The average molecular weight is 448 g/mol. The van der Waals surface area contributed by atoms with Crippen LogP contribution in [0.5, 0.6) is 11.5 Å². The Morgan fingerprint density at radius 1 is 1.23 bits per heavy atom. The number of carbonyl (C=O) groups excluding carboxylic acids is 1. The zero-order valence-corrected chi connectivity index (χ0v) is 18.7. The molecule has 0 aliphatic rings. The first-order valence-corrected chi connectivity index (χ1v) is 10.8. The third-order valence-electron chi connectivity index (χ3n) is 4.40. The van der Waals surface area contributed by atoms with Gasteiger partial charge in [-0.2, -0.15) is 0 Å². The van der Waals surface area contributed by atoms with E-state index in [9.17, 15) is 18.3 Å². The maximum atomic E-state index is 13.4. The van der Waals surface area contributed by atoms with Crippen LogP contribution in [0, 0.1) is 18.8 Å². The molecular weight excluding hydrogens is 422 g/mol. The number of sulfonamides is 1. The third-order valence-corrected chi connectivity index (χ3v) is 6.07. The lowest BCUT2D eigenvalue weighted by molar-refractivity contribution is 0.0979. The lowest BCUT2D eigenvalue weighted by Gasteiger charge is -2.28. The van der Waals surface area contributed by atoms with Crippen LogP contribution < -0.4 is 19.3 Å². The highest BCUT2D eigenvalue weighted by atomic mass is 32.2. The molecule has 2 rings (SSSR count). The minimum absolute atomic E-state index is 0.0471. The number of aliphatic hydroxyl groups is 1. The van der Waals surface area contributed by atoms with Crippen molar-refractivity contribution in [2.24, 2.45) is 0 Å². The van der Waals surface area contributed by atoms with Crippen LogP contribution >= 0.6 is 0 Å². The SMILES string of the molecule is CC#C[C@@H](O)[C@H](C)S(=O)(=O)NN(C(=O)c1cncc(C)c1)c1c(OC)cccc1OC. The van der Waals surface area contributed by atoms with Crippen LogP contribution in [0.1, 0.15) is 29.8 Å². The normalized spacial score (nSPS) is 12.8. The molecule has 0 unspecified atom stereocenters. The quantitative estimate of drug-likeness (QED) is 0.467. The molecule has 0 spiro atoms. The summed E-state index contributed by atoms with van der Waals surface area (Å²) in [7, 11) is -1.51. The van der Waals surface area contributed by atoms with Gasteiger partial charge in [-0.25, -0.2) is 13.4 Å². The van der Waals surface area contributed by atoms with Crippen molar-refractivity contribution in [2.75, 3.05) is 19.2 Å². The molecule has 0 aliphatic heterocycles. The molecular formula is C21H25N3O6S. The van der Waals surface area contributed by atoms with E-state index in [2.05, 4.69) is 21.7 Å². The predicted octanol–water partition coefficient (Wildman–Crippen LogP) is 1.66. The summed E-state index contributed by atoms with van der Waals surface area (Å²) in [5.41, 5.74) is 0.894. The van der Waals surface area contributed by atoms with Gasteiger partial charge in [0.15, 0.2) is 0 Å². The van der Waals surface area contributed by atoms with Gasteiger partial charge in [-0.05, 0) is 44.5 Å². The second-order valence-electron chi connectivity index (χ2n) is 6.58. The van der Waals surface area contributed by atoms with E-state index in [0.717, 1.165) is 5.01 Å². The van der Waals surface area contributed by atoms with Crippen LogP contribution in [-0.2, 0) is 10.0 Å². The highest BCUT2D eigenvalue weighted by molar-refractivity contribution is 7.90. The van der Waals surface area contributed by atoms with Crippen molar-refractivity contribution < 1.29 is 27.8 Å². The van der Waals surface area contributed by atoms with Crippen molar-refractivity contribution in [3.05, 3.63) is 47.8 Å². The van der Waals surface area contributed by atoms with Gasteiger partial charge >= 0.3 is 0 Å². The first-order chi connectivity index (χ1) is 14.7. The second-order valence-corrected chi connectivity index (χ2v) is 8.60. The maximum Gasteiger partial charge on any atom is 0.275 e. The smallest absolute Gasteiger partial charge is 0.275 e. The molecule has 1 aromatic heterocycles. The number of amides is 1. The molecule has 0 aliphatic carbocycles. The lowest BCUT2D eigenvalue weighted by atomic mass is 10.2. The maximum absolute atomic E-state index is 13.4. The first kappa shape index (κ1) is 24.1. The fourth-order valence-electron chi connectivity index (χ4n) is 2.69. The van der Waals surface area contributed by atoms with Crippen LogP contribution in [0.15, 0.2) is 36.7 Å². The van der Waals surface area contributed by atoms with E-state index < -0.39 is 27.3 Å². The monoisotopic (exact) mass is 447 g/mol. The Kier molecular flexibility index (Phi) is 7.99. The molecule has 10 heteroatoms. The summed E-state index contributed by atoms with van der Waals surface area (Å²) in [4.78, 5) is 19.6. The zero-order chi connectivity index (χ0) is 23.2. The molecule has 0 radical (unpaired) electrons. The molecule has 0 saturated carbocycles. The number of hydrazine groups is 1. The summed E-state index contributed by atoms with van der Waals surface area (Å²) in [5.74, 6) is 4.54. The Morgan fingerprint density at radius 2 is 1.84 bits per heavy atom. The van der Waals surface area contributed by atoms with Crippen molar-refractivity contribution in [1.29, 1.82) is 0 Å². The average Bonchev–Trinajstić information content (AvgIpc) is 2.76. The van der Waals surface area contributed by atoms with Crippen LogP contribution in [0.2, 0.25) is 0 Å². The minimum atomic E-state index is -4.27. The van der Waals surface area contributed by atoms with Gasteiger partial charge in [-0.1, -0.05) is 12.0 Å². The van der Waals surface area contributed by atoms with Crippen LogP contribution in [-0.4, -0.2) is 50.0 Å². The molecule has 166 valence electrons. The lowest BCUT2D eigenvalue weighted by Crippen LogP contribution is -2.51. The number of nitrogens with zero attached hydrogens (tertiary/aromatic N) is 2. The van der Waals surface area contributed by atoms with Crippen LogP contribution in [0.3, 0.4) is 0 Å². The summed E-state index contributed by atoms with van der Waals surface area (Å²) < 4.78 is 36.7. The summed E-state index contributed by atoms with van der Waals surface area (Å²) >= 11 is 0. The van der Waals surface area contributed by atoms with Gasteiger partial charge in [0, 0.05) is 12.4 Å². The van der Waals surface area contributed by atoms with Crippen molar-refractivity contribution in [1.82, 2.24) is 9.82 Å². The Balaban J connectivity index is 2.64. The Bertz CT molecular complexity index is 1090. The largest absolute Gasteiger partial charge is 0.494 e. The predicted molar refractivity (Wildman–Crippen MR) is 116 cm³/mol. The molecule has 9 nitrogen and oxygen atoms in total. The van der Waals surface area contributed by atoms with E-state index in [1.54, 1.807) is 37.4 Å². The number of para-hydroxylation sites is 1. The molecule has 0 fully saturated rings. The molecule has 0 saturated heterocycles. The first-order valence-electron chi connectivity index (χ1n) is 9.25. The van der Waals surface area contributed by atoms with E-state index in [-0.39, 0.29) is 22.7 Å². The number of hydrogen-bond donors (Lipinski definition) is 2. The van der Waals surface area contributed by atoms with E-state index in [1.165, 1.54) is 34.3 Å². The van der Waals surface area contributed by atoms with Gasteiger partial charge in [0.25, 0.3) is 5.91 Å². The molecule has 1 amide bonds. The van der Waals surface area contributed by atoms with Gasteiger partial charge in [0.2, 0.25) is 10.0 Å². The number of anilines is 1. The number of aromatic nitrogens is 1.